The molecular formula is C19H18N4O4. The Morgan fingerprint density at radius 2 is 1.74 bits per heavy atom. The lowest BCUT2D eigenvalue weighted by atomic mass is 10.1. The van der Waals surface area contributed by atoms with E-state index in [1.54, 1.807) is 24.3 Å². The van der Waals surface area contributed by atoms with Crippen molar-refractivity contribution in [2.45, 2.75) is 13.5 Å². The maximum Gasteiger partial charge on any atom is 0.337 e. The quantitative estimate of drug-likeness (QED) is 0.529. The Labute approximate surface area is 154 Å². The predicted molar refractivity (Wildman–Crippen MR) is 101 cm³/mol. The second-order valence-corrected chi connectivity index (χ2v) is 5.65. The maximum absolute atomic E-state index is 12.6. The Morgan fingerprint density at radius 3 is 2.41 bits per heavy atom. The molecule has 2 N–H and O–H groups in total. The second-order valence-electron chi connectivity index (χ2n) is 5.65. The minimum atomic E-state index is -0.479. The average Bonchev–Trinajstić information content (AvgIpc) is 2.71. The van der Waals surface area contributed by atoms with Gasteiger partial charge in [-0.2, -0.15) is 0 Å². The highest BCUT2D eigenvalue weighted by atomic mass is 16.5. The molecule has 3 rings (SSSR count). The fraction of sp³-hybridized carbons (Fsp3) is 0.158. The minimum Gasteiger partial charge on any atom is -0.465 e. The molecular weight excluding hydrogens is 348 g/mol. The molecule has 0 spiro atoms. The molecule has 0 aliphatic carbocycles. The van der Waals surface area contributed by atoms with Crippen molar-refractivity contribution < 1.29 is 14.3 Å². The van der Waals surface area contributed by atoms with Crippen LogP contribution in [0.15, 0.2) is 53.3 Å². The van der Waals surface area contributed by atoms with Crippen molar-refractivity contribution in [3.05, 3.63) is 70.0 Å². The van der Waals surface area contributed by atoms with E-state index >= 15 is 0 Å². The fourth-order valence-electron chi connectivity index (χ4n) is 2.62. The van der Waals surface area contributed by atoms with Crippen molar-refractivity contribution in [2.75, 3.05) is 12.5 Å². The Balaban J connectivity index is 1.81. The molecule has 2 aromatic carbocycles. The number of nitrogens with zero attached hydrogens (tertiary/aromatic N) is 2. The molecule has 0 atom stereocenters. The van der Waals surface area contributed by atoms with Crippen LogP contribution >= 0.6 is 0 Å². The van der Waals surface area contributed by atoms with Crippen molar-refractivity contribution in [1.82, 2.24) is 15.0 Å². The molecule has 8 nitrogen and oxygen atoms in total. The number of rotatable bonds is 5. The summed E-state index contributed by atoms with van der Waals surface area (Å²) in [6, 6.07) is 13.0. The first kappa shape index (κ1) is 18.1. The molecule has 0 saturated heterocycles. The molecule has 0 aliphatic rings. The number of hydrogen-bond donors (Lipinski definition) is 2. The fourth-order valence-corrected chi connectivity index (χ4v) is 2.62. The lowest BCUT2D eigenvalue weighted by Gasteiger charge is -2.14. The van der Waals surface area contributed by atoms with Crippen molar-refractivity contribution in [2.24, 2.45) is 0 Å². The number of hydrogen-bond acceptors (Lipinski definition) is 6. The van der Waals surface area contributed by atoms with Gasteiger partial charge in [0.2, 0.25) is 5.95 Å². The Bertz CT molecular complexity index is 1060. The van der Waals surface area contributed by atoms with E-state index in [0.717, 1.165) is 0 Å². The van der Waals surface area contributed by atoms with E-state index in [1.165, 1.54) is 35.9 Å². The first-order valence-corrected chi connectivity index (χ1v) is 8.29. The first-order valence-electron chi connectivity index (χ1n) is 8.29. The Hall–Kier alpha value is -3.68. The summed E-state index contributed by atoms with van der Waals surface area (Å²) >= 11 is 0. The largest absolute Gasteiger partial charge is 0.465 e. The van der Waals surface area contributed by atoms with Gasteiger partial charge >= 0.3 is 5.97 Å². The van der Waals surface area contributed by atoms with E-state index in [4.69, 9.17) is 0 Å². The monoisotopic (exact) mass is 366 g/mol. The summed E-state index contributed by atoms with van der Waals surface area (Å²) < 4.78 is 6.05. The zero-order chi connectivity index (χ0) is 19.4. The topological polar surface area (TPSA) is 102 Å². The lowest BCUT2D eigenvalue weighted by Crippen LogP contribution is -2.34. The van der Waals surface area contributed by atoms with Crippen molar-refractivity contribution >= 4 is 28.7 Å². The smallest absolute Gasteiger partial charge is 0.337 e. The average molecular weight is 366 g/mol. The number of aromatic nitrogens is 2. The SMILES string of the molecule is CCn1c(NNC(=O)c2ccc(C(=O)OC)cc2)nc2ccccc2c1=O. The van der Waals surface area contributed by atoms with Crippen LogP contribution in [-0.4, -0.2) is 28.5 Å². The molecule has 0 unspecified atom stereocenters. The molecule has 1 heterocycles. The predicted octanol–water partition coefficient (Wildman–Crippen LogP) is 1.96. The van der Waals surface area contributed by atoms with Crippen LogP contribution in [0.5, 0.6) is 0 Å². The lowest BCUT2D eigenvalue weighted by molar-refractivity contribution is 0.0600. The summed E-state index contributed by atoms with van der Waals surface area (Å²) in [5.74, 6) is -0.676. The third-order valence-electron chi connectivity index (χ3n) is 4.03. The number of carbonyl (C=O) groups is 2. The summed E-state index contributed by atoms with van der Waals surface area (Å²) in [7, 11) is 1.29. The van der Waals surface area contributed by atoms with Gasteiger partial charge in [0.15, 0.2) is 0 Å². The van der Waals surface area contributed by atoms with Gasteiger partial charge < -0.3 is 4.74 Å². The van der Waals surface area contributed by atoms with E-state index in [-0.39, 0.29) is 11.5 Å². The van der Waals surface area contributed by atoms with Gasteiger partial charge in [-0.25, -0.2) is 9.78 Å². The van der Waals surface area contributed by atoms with Gasteiger partial charge in [0.1, 0.15) is 0 Å². The zero-order valence-electron chi connectivity index (χ0n) is 14.9. The van der Waals surface area contributed by atoms with E-state index in [2.05, 4.69) is 20.6 Å². The summed E-state index contributed by atoms with van der Waals surface area (Å²) in [4.78, 5) is 40.7. The summed E-state index contributed by atoms with van der Waals surface area (Å²) in [6.45, 7) is 2.21. The molecule has 0 aliphatic heterocycles. The molecule has 0 fully saturated rings. The highest BCUT2D eigenvalue weighted by molar-refractivity contribution is 5.96. The Morgan fingerprint density at radius 1 is 1.07 bits per heavy atom. The van der Waals surface area contributed by atoms with E-state index < -0.39 is 11.9 Å². The van der Waals surface area contributed by atoms with Crippen molar-refractivity contribution in [3.63, 3.8) is 0 Å². The van der Waals surface area contributed by atoms with Gasteiger partial charge in [-0.15, -0.1) is 0 Å². The van der Waals surface area contributed by atoms with E-state index in [1.807, 2.05) is 6.92 Å². The van der Waals surface area contributed by atoms with Gasteiger partial charge in [0.25, 0.3) is 11.5 Å². The van der Waals surface area contributed by atoms with Crippen LogP contribution in [0.1, 0.15) is 27.6 Å². The van der Waals surface area contributed by atoms with Gasteiger partial charge in [0, 0.05) is 12.1 Å². The minimum absolute atomic E-state index is 0.192. The molecule has 0 saturated carbocycles. The number of fused-ring (bicyclic) bond motifs is 1. The molecule has 3 aromatic rings. The number of anilines is 1. The van der Waals surface area contributed by atoms with E-state index in [9.17, 15) is 14.4 Å². The molecule has 1 aromatic heterocycles. The zero-order valence-corrected chi connectivity index (χ0v) is 14.9. The first-order chi connectivity index (χ1) is 13.0. The normalized spacial score (nSPS) is 10.4. The molecule has 27 heavy (non-hydrogen) atoms. The molecule has 0 radical (unpaired) electrons. The number of para-hydroxylation sites is 1. The van der Waals surface area contributed by atoms with Crippen molar-refractivity contribution in [3.8, 4) is 0 Å². The van der Waals surface area contributed by atoms with Gasteiger partial charge in [0.05, 0.1) is 23.6 Å². The summed E-state index contributed by atoms with van der Waals surface area (Å²) in [5.41, 5.74) is 6.24. The second kappa shape index (κ2) is 7.69. The summed E-state index contributed by atoms with van der Waals surface area (Å²) in [5, 5.41) is 0.509. The van der Waals surface area contributed by atoms with E-state index in [0.29, 0.717) is 28.6 Å². The third-order valence-corrected chi connectivity index (χ3v) is 4.03. The molecule has 1 amide bonds. The number of methoxy groups -OCH3 is 1. The number of amides is 1. The number of benzene rings is 2. The molecule has 8 heteroatoms. The van der Waals surface area contributed by atoms with Crippen LogP contribution in [0.3, 0.4) is 0 Å². The highest BCUT2D eigenvalue weighted by Gasteiger charge is 2.12. The van der Waals surface area contributed by atoms with Crippen LogP contribution < -0.4 is 16.4 Å². The number of esters is 1. The van der Waals surface area contributed by atoms with Crippen LogP contribution in [-0.2, 0) is 11.3 Å². The van der Waals surface area contributed by atoms with Gasteiger partial charge in [-0.1, -0.05) is 12.1 Å². The maximum atomic E-state index is 12.6. The van der Waals surface area contributed by atoms with Crippen molar-refractivity contribution in [1.29, 1.82) is 0 Å². The van der Waals surface area contributed by atoms with Gasteiger partial charge in [-0.3, -0.25) is 25.0 Å². The standard InChI is InChI=1S/C19H18N4O4/c1-3-23-17(25)14-6-4-5-7-15(14)20-19(23)22-21-16(24)12-8-10-13(11-9-12)18(26)27-2/h4-11H,3H2,1-2H3,(H,20,22)(H,21,24). The van der Waals surface area contributed by atoms with Gasteiger partial charge in [-0.05, 0) is 43.3 Å². The number of carbonyl (C=O) groups excluding carboxylic acids is 2. The van der Waals surface area contributed by atoms with Crippen LogP contribution in [0.25, 0.3) is 10.9 Å². The van der Waals surface area contributed by atoms with Crippen LogP contribution in [0.2, 0.25) is 0 Å². The Kier molecular flexibility index (Phi) is 5.16. The third kappa shape index (κ3) is 3.64. The van der Waals surface area contributed by atoms with Crippen LogP contribution in [0.4, 0.5) is 5.95 Å². The van der Waals surface area contributed by atoms with Crippen LogP contribution in [0, 0.1) is 0 Å². The number of ether oxygens (including phenoxy) is 1. The number of hydrazine groups is 1. The summed E-state index contributed by atoms with van der Waals surface area (Å²) in [6.07, 6.45) is 0. The molecule has 138 valence electrons. The number of nitrogens with one attached hydrogen (secondary N) is 2. The molecule has 0 bridgehead atoms. The highest BCUT2D eigenvalue weighted by Crippen LogP contribution is 2.11.